The lowest BCUT2D eigenvalue weighted by molar-refractivity contribution is -0.130. The zero-order valence-electron chi connectivity index (χ0n) is 17.9. The maximum Gasteiger partial charge on any atom is 0.247 e. The summed E-state index contributed by atoms with van der Waals surface area (Å²) in [6.45, 7) is 0. The number of nitrogens with zero attached hydrogens (tertiary/aromatic N) is 3. The topological polar surface area (TPSA) is 160 Å². The maximum absolute atomic E-state index is 12.1. The normalized spacial score (nSPS) is 23.1. The fourth-order valence-corrected chi connectivity index (χ4v) is 4.74. The minimum atomic E-state index is -0.305. The van der Waals surface area contributed by atoms with Gasteiger partial charge in [0.05, 0.1) is 19.4 Å². The Morgan fingerprint density at radius 3 is 2.73 bits per heavy atom. The highest BCUT2D eigenvalue weighted by Crippen LogP contribution is 2.45. The van der Waals surface area contributed by atoms with Crippen molar-refractivity contribution in [2.24, 2.45) is 23.5 Å². The number of carbonyl (C=O) groups excluding carboxylic acids is 2. The van der Waals surface area contributed by atoms with E-state index in [1.54, 1.807) is 0 Å². The predicted molar refractivity (Wildman–Crippen MR) is 120 cm³/mol. The van der Waals surface area contributed by atoms with Gasteiger partial charge in [-0.3, -0.25) is 14.4 Å². The summed E-state index contributed by atoms with van der Waals surface area (Å²) in [6, 6.07) is 7.26. The first-order chi connectivity index (χ1) is 16.0. The number of nitrogens with one attached hydrogen (secondary N) is 4. The van der Waals surface area contributed by atoms with Crippen LogP contribution in [0.4, 0.5) is 17.5 Å². The van der Waals surface area contributed by atoms with Crippen molar-refractivity contribution in [3.63, 3.8) is 0 Å². The lowest BCUT2D eigenvalue weighted by Gasteiger charge is -2.28. The number of nitrogens with two attached hydrogens (primary N) is 1. The minimum absolute atomic E-state index is 0.124. The third-order valence-corrected chi connectivity index (χ3v) is 6.17. The number of amides is 2. The van der Waals surface area contributed by atoms with Gasteiger partial charge < -0.3 is 21.4 Å². The quantitative estimate of drug-likeness (QED) is 0.255. The SMILES string of the molecule is CONC(=O)Cc1ccc(Nc2nc3ncnc-3c(NC3C4C=CC(C4)C3C(N)=O)[nH]2)cc1. The standard InChI is InChI=1S/C22H24N8O3/c1-33-30-15(31)8-11-2-6-14(7-3-11)26-22-28-20-18(24-10-25-20)21(29-22)27-17-13-5-4-12(9-13)16(17)19(23)32/h2-7,10,12-13,16-17H,8-9H2,1H3,(H2,23,32)(H,30,31)(H3,24,25,26,27,28,29). The summed E-state index contributed by atoms with van der Waals surface area (Å²) in [5, 5.41) is 6.67. The summed E-state index contributed by atoms with van der Waals surface area (Å²) in [4.78, 5) is 44.7. The lowest BCUT2D eigenvalue weighted by atomic mass is 9.88. The number of rotatable bonds is 8. The van der Waals surface area contributed by atoms with Gasteiger partial charge in [-0.15, -0.1) is 0 Å². The Labute approximate surface area is 189 Å². The number of fused-ring (bicyclic) bond motifs is 3. The molecule has 5 rings (SSSR count). The number of carbonyl (C=O) groups is 2. The van der Waals surface area contributed by atoms with Crippen LogP contribution in [-0.4, -0.2) is 44.9 Å². The van der Waals surface area contributed by atoms with E-state index in [9.17, 15) is 9.59 Å². The van der Waals surface area contributed by atoms with Crippen LogP contribution in [-0.2, 0) is 20.8 Å². The highest BCUT2D eigenvalue weighted by Gasteiger charge is 2.47. The summed E-state index contributed by atoms with van der Waals surface area (Å²) in [7, 11) is 1.40. The molecule has 0 aromatic heterocycles. The molecular weight excluding hydrogens is 424 g/mol. The van der Waals surface area contributed by atoms with E-state index in [1.165, 1.54) is 13.4 Å². The van der Waals surface area contributed by atoms with Gasteiger partial charge in [0.1, 0.15) is 17.8 Å². The van der Waals surface area contributed by atoms with E-state index < -0.39 is 0 Å². The number of hydrogen-bond donors (Lipinski definition) is 5. The molecule has 0 saturated heterocycles. The van der Waals surface area contributed by atoms with Gasteiger partial charge in [0.25, 0.3) is 0 Å². The van der Waals surface area contributed by atoms with E-state index in [0.29, 0.717) is 23.3 Å². The van der Waals surface area contributed by atoms with Crippen molar-refractivity contribution in [2.45, 2.75) is 18.9 Å². The molecule has 4 atom stereocenters. The van der Waals surface area contributed by atoms with E-state index >= 15 is 0 Å². The Bertz CT molecular complexity index is 1170. The first-order valence-corrected chi connectivity index (χ1v) is 10.6. The van der Waals surface area contributed by atoms with Crippen molar-refractivity contribution >= 4 is 29.3 Å². The number of hydroxylamine groups is 1. The van der Waals surface area contributed by atoms with Crippen molar-refractivity contribution in [3.05, 3.63) is 48.3 Å². The zero-order chi connectivity index (χ0) is 22.9. The summed E-state index contributed by atoms with van der Waals surface area (Å²) < 4.78 is 0. The van der Waals surface area contributed by atoms with Crippen molar-refractivity contribution in [1.82, 2.24) is 25.4 Å². The van der Waals surface area contributed by atoms with Crippen LogP contribution >= 0.6 is 0 Å². The van der Waals surface area contributed by atoms with Gasteiger partial charge in [-0.2, -0.15) is 4.98 Å². The number of imidazole rings is 1. The van der Waals surface area contributed by atoms with Crippen LogP contribution in [0.15, 0.2) is 42.7 Å². The van der Waals surface area contributed by atoms with E-state index in [1.807, 2.05) is 24.3 Å². The van der Waals surface area contributed by atoms with Crippen LogP contribution < -0.4 is 21.8 Å². The van der Waals surface area contributed by atoms with Crippen LogP contribution in [0.2, 0.25) is 0 Å². The number of anilines is 3. The van der Waals surface area contributed by atoms with Gasteiger partial charge in [-0.05, 0) is 36.0 Å². The van der Waals surface area contributed by atoms with Gasteiger partial charge in [0.2, 0.25) is 17.8 Å². The van der Waals surface area contributed by atoms with Crippen molar-refractivity contribution < 1.29 is 14.4 Å². The third-order valence-electron chi connectivity index (χ3n) is 6.17. The number of hydrogen-bond acceptors (Lipinski definition) is 8. The molecule has 2 bridgehead atoms. The van der Waals surface area contributed by atoms with E-state index in [0.717, 1.165) is 17.7 Å². The molecule has 2 aliphatic carbocycles. The van der Waals surface area contributed by atoms with Crippen LogP contribution in [0, 0.1) is 17.8 Å². The fraction of sp³-hybridized carbons (Fsp3) is 0.318. The molecule has 170 valence electrons. The van der Waals surface area contributed by atoms with Gasteiger partial charge >= 0.3 is 0 Å². The highest BCUT2D eigenvalue weighted by atomic mass is 16.6. The molecular formula is C22H24N8O3. The predicted octanol–water partition coefficient (Wildman–Crippen LogP) is 1.36. The largest absolute Gasteiger partial charge is 0.369 e. The lowest BCUT2D eigenvalue weighted by Crippen LogP contribution is -2.41. The molecule has 1 aromatic carbocycles. The molecule has 4 aliphatic rings. The highest BCUT2D eigenvalue weighted by molar-refractivity contribution is 5.80. The van der Waals surface area contributed by atoms with E-state index in [4.69, 9.17) is 5.73 Å². The van der Waals surface area contributed by atoms with Crippen LogP contribution in [0.1, 0.15) is 12.0 Å². The smallest absolute Gasteiger partial charge is 0.247 e. The molecule has 0 radical (unpaired) electrons. The molecule has 1 aromatic rings. The van der Waals surface area contributed by atoms with E-state index in [-0.39, 0.29) is 42.0 Å². The van der Waals surface area contributed by atoms with Gasteiger partial charge in [0.15, 0.2) is 5.82 Å². The zero-order valence-corrected chi connectivity index (χ0v) is 17.9. The molecule has 1 saturated carbocycles. The number of primary amides is 1. The summed E-state index contributed by atoms with van der Waals surface area (Å²) in [5.41, 5.74) is 10.2. The van der Waals surface area contributed by atoms with Gasteiger partial charge in [-0.1, -0.05) is 24.3 Å². The number of H-pyrrole nitrogens is 1. The van der Waals surface area contributed by atoms with Crippen molar-refractivity contribution in [1.29, 1.82) is 0 Å². The average Bonchev–Trinajstić information content (AvgIpc) is 3.51. The number of allylic oxidation sites excluding steroid dienone is 1. The molecule has 11 nitrogen and oxygen atoms in total. The second-order valence-corrected chi connectivity index (χ2v) is 8.28. The Morgan fingerprint density at radius 1 is 1.18 bits per heavy atom. The average molecular weight is 448 g/mol. The van der Waals surface area contributed by atoms with Gasteiger partial charge in [-0.25, -0.2) is 15.4 Å². The van der Waals surface area contributed by atoms with Crippen molar-refractivity contribution in [3.8, 4) is 11.5 Å². The molecule has 0 spiro atoms. The van der Waals surface area contributed by atoms with Crippen LogP contribution in [0.5, 0.6) is 0 Å². The first-order valence-electron chi connectivity index (χ1n) is 10.6. The number of benzene rings is 1. The Balaban J connectivity index is 1.36. The molecule has 33 heavy (non-hydrogen) atoms. The second-order valence-electron chi connectivity index (χ2n) is 8.28. The minimum Gasteiger partial charge on any atom is -0.369 e. The monoisotopic (exact) mass is 448 g/mol. The Hall–Kier alpha value is -3.99. The molecule has 11 heteroatoms. The van der Waals surface area contributed by atoms with E-state index in [2.05, 4.69) is 53.0 Å². The Kier molecular flexibility index (Phi) is 5.38. The number of aromatic nitrogens is 4. The molecule has 2 heterocycles. The molecule has 2 amide bonds. The van der Waals surface area contributed by atoms with Crippen LogP contribution in [0.25, 0.3) is 11.5 Å². The molecule has 1 fully saturated rings. The molecule has 4 unspecified atom stereocenters. The van der Waals surface area contributed by atoms with Gasteiger partial charge in [0, 0.05) is 11.7 Å². The second kappa shape index (κ2) is 8.51. The summed E-state index contributed by atoms with van der Waals surface area (Å²) in [6.07, 6.45) is 6.80. The fourth-order valence-electron chi connectivity index (χ4n) is 4.74. The van der Waals surface area contributed by atoms with Crippen LogP contribution in [0.3, 0.4) is 0 Å². The summed E-state index contributed by atoms with van der Waals surface area (Å²) >= 11 is 0. The molecule has 2 aliphatic heterocycles. The van der Waals surface area contributed by atoms with Crippen molar-refractivity contribution in [2.75, 3.05) is 17.7 Å². The first kappa shape index (κ1) is 20.9. The summed E-state index contributed by atoms with van der Waals surface area (Å²) in [5.74, 6) is 1.14. The Morgan fingerprint density at radius 2 is 1.97 bits per heavy atom. The molecule has 6 N–H and O–H groups in total. The maximum atomic E-state index is 12.1. The third kappa shape index (κ3) is 4.10. The number of aromatic amines is 1.